The largest absolute Gasteiger partial charge is 0.497 e. The van der Waals surface area contributed by atoms with Crippen LogP contribution in [0.4, 0.5) is 0 Å². The summed E-state index contributed by atoms with van der Waals surface area (Å²) < 4.78 is 21.3. The number of benzene rings is 2. The van der Waals surface area contributed by atoms with Crippen LogP contribution in [0.5, 0.6) is 11.5 Å². The third kappa shape index (κ3) is 4.99. The Kier molecular flexibility index (Phi) is 6.63. The smallest absolute Gasteiger partial charge is 0.335 e. The normalized spacial score (nSPS) is 11.6. The SMILES string of the molecule is COc1cccc(COC(C)C(=O)OCc2ccccc2OC)c1. The highest BCUT2D eigenvalue weighted by Crippen LogP contribution is 2.18. The quantitative estimate of drug-likeness (QED) is 0.695. The van der Waals surface area contributed by atoms with Crippen LogP contribution in [0.3, 0.4) is 0 Å². The van der Waals surface area contributed by atoms with E-state index in [0.717, 1.165) is 16.9 Å². The Morgan fingerprint density at radius 2 is 1.79 bits per heavy atom. The molecular weight excluding hydrogens is 308 g/mol. The van der Waals surface area contributed by atoms with Gasteiger partial charge in [0.25, 0.3) is 0 Å². The molecule has 0 aliphatic carbocycles. The van der Waals surface area contributed by atoms with Crippen molar-refractivity contribution < 1.29 is 23.7 Å². The van der Waals surface area contributed by atoms with E-state index in [1.807, 2.05) is 48.5 Å². The molecule has 0 fully saturated rings. The standard InChI is InChI=1S/C19H22O5/c1-14(23-12-15-7-6-9-17(11-15)21-2)19(20)24-13-16-8-4-5-10-18(16)22-3/h4-11,14H,12-13H2,1-3H3. The predicted molar refractivity (Wildman–Crippen MR) is 90.0 cm³/mol. The summed E-state index contributed by atoms with van der Waals surface area (Å²) in [5, 5.41) is 0. The van der Waals surface area contributed by atoms with Gasteiger partial charge in [-0.1, -0.05) is 30.3 Å². The number of ether oxygens (including phenoxy) is 4. The Hall–Kier alpha value is -2.53. The van der Waals surface area contributed by atoms with Crippen molar-refractivity contribution in [1.29, 1.82) is 0 Å². The van der Waals surface area contributed by atoms with Crippen LogP contribution in [0.1, 0.15) is 18.1 Å². The highest BCUT2D eigenvalue weighted by Gasteiger charge is 2.16. The van der Waals surface area contributed by atoms with Gasteiger partial charge in [-0.2, -0.15) is 0 Å². The number of carbonyl (C=O) groups is 1. The van der Waals surface area contributed by atoms with Crippen LogP contribution in [-0.4, -0.2) is 26.3 Å². The van der Waals surface area contributed by atoms with Gasteiger partial charge >= 0.3 is 5.97 Å². The third-order valence-electron chi connectivity index (χ3n) is 3.53. The molecule has 0 aromatic heterocycles. The van der Waals surface area contributed by atoms with E-state index in [4.69, 9.17) is 18.9 Å². The fraction of sp³-hybridized carbons (Fsp3) is 0.316. The Morgan fingerprint density at radius 3 is 2.54 bits per heavy atom. The molecular formula is C19H22O5. The predicted octanol–water partition coefficient (Wildman–Crippen LogP) is 3.35. The zero-order valence-corrected chi connectivity index (χ0v) is 14.2. The molecule has 5 heteroatoms. The monoisotopic (exact) mass is 330 g/mol. The van der Waals surface area contributed by atoms with Crippen molar-refractivity contribution in [2.45, 2.75) is 26.2 Å². The lowest BCUT2D eigenvalue weighted by Crippen LogP contribution is -2.23. The molecule has 0 saturated heterocycles. The van der Waals surface area contributed by atoms with E-state index in [0.29, 0.717) is 12.4 Å². The van der Waals surface area contributed by atoms with Crippen LogP contribution in [0.25, 0.3) is 0 Å². The van der Waals surface area contributed by atoms with Crippen molar-refractivity contribution in [2.75, 3.05) is 14.2 Å². The van der Waals surface area contributed by atoms with E-state index in [2.05, 4.69) is 0 Å². The number of hydrogen-bond donors (Lipinski definition) is 0. The molecule has 0 saturated carbocycles. The highest BCUT2D eigenvalue weighted by atomic mass is 16.6. The van der Waals surface area contributed by atoms with Gasteiger partial charge in [-0.3, -0.25) is 0 Å². The average molecular weight is 330 g/mol. The highest BCUT2D eigenvalue weighted by molar-refractivity contribution is 5.74. The van der Waals surface area contributed by atoms with E-state index in [1.54, 1.807) is 21.1 Å². The van der Waals surface area contributed by atoms with Gasteiger partial charge in [0.05, 0.1) is 20.8 Å². The molecule has 2 rings (SSSR count). The maximum absolute atomic E-state index is 12.0. The first-order valence-electron chi connectivity index (χ1n) is 7.67. The Labute approximate surface area is 142 Å². The lowest BCUT2D eigenvalue weighted by atomic mass is 10.2. The molecule has 128 valence electrons. The number of hydrogen-bond acceptors (Lipinski definition) is 5. The van der Waals surface area contributed by atoms with Gasteiger partial charge in [0.1, 0.15) is 18.1 Å². The summed E-state index contributed by atoms with van der Waals surface area (Å²) in [7, 11) is 3.19. The summed E-state index contributed by atoms with van der Waals surface area (Å²) in [6.07, 6.45) is -0.661. The molecule has 2 aromatic carbocycles. The van der Waals surface area contributed by atoms with Gasteiger partial charge in [-0.05, 0) is 30.7 Å². The molecule has 0 amide bonds. The molecule has 0 aliphatic heterocycles. The first-order valence-corrected chi connectivity index (χ1v) is 7.67. The molecule has 5 nitrogen and oxygen atoms in total. The van der Waals surface area contributed by atoms with Gasteiger partial charge in [-0.25, -0.2) is 4.79 Å². The van der Waals surface area contributed by atoms with Gasteiger partial charge < -0.3 is 18.9 Å². The van der Waals surface area contributed by atoms with Crippen LogP contribution >= 0.6 is 0 Å². The minimum atomic E-state index is -0.661. The van der Waals surface area contributed by atoms with Crippen molar-refractivity contribution in [3.8, 4) is 11.5 Å². The zero-order valence-electron chi connectivity index (χ0n) is 14.2. The second kappa shape index (κ2) is 8.93. The van der Waals surface area contributed by atoms with Gasteiger partial charge in [0.15, 0.2) is 6.10 Å². The van der Waals surface area contributed by atoms with Crippen molar-refractivity contribution in [2.24, 2.45) is 0 Å². The van der Waals surface area contributed by atoms with E-state index >= 15 is 0 Å². The molecule has 0 aliphatic rings. The minimum absolute atomic E-state index is 0.149. The molecule has 0 heterocycles. The lowest BCUT2D eigenvalue weighted by Gasteiger charge is -2.14. The maximum atomic E-state index is 12.0. The topological polar surface area (TPSA) is 54.0 Å². The molecule has 1 atom stereocenters. The Morgan fingerprint density at radius 1 is 1.00 bits per heavy atom. The van der Waals surface area contributed by atoms with E-state index in [-0.39, 0.29) is 6.61 Å². The second-order valence-corrected chi connectivity index (χ2v) is 5.22. The Bertz CT molecular complexity index is 668. The van der Waals surface area contributed by atoms with Crippen LogP contribution in [0, 0.1) is 0 Å². The number of para-hydroxylation sites is 1. The summed E-state index contributed by atoms with van der Waals surface area (Å²) in [4.78, 5) is 12.0. The molecule has 1 unspecified atom stereocenters. The van der Waals surface area contributed by atoms with Crippen LogP contribution in [0.2, 0.25) is 0 Å². The summed E-state index contributed by atoms with van der Waals surface area (Å²) >= 11 is 0. The number of esters is 1. The molecule has 0 radical (unpaired) electrons. The summed E-state index contributed by atoms with van der Waals surface area (Å²) in [5.41, 5.74) is 1.74. The molecule has 0 bridgehead atoms. The third-order valence-corrected chi connectivity index (χ3v) is 3.53. The average Bonchev–Trinajstić information content (AvgIpc) is 2.64. The van der Waals surface area contributed by atoms with Gasteiger partial charge in [0, 0.05) is 5.56 Å². The van der Waals surface area contributed by atoms with Gasteiger partial charge in [0.2, 0.25) is 0 Å². The number of methoxy groups -OCH3 is 2. The van der Waals surface area contributed by atoms with Crippen molar-refractivity contribution in [1.82, 2.24) is 0 Å². The minimum Gasteiger partial charge on any atom is -0.497 e. The zero-order chi connectivity index (χ0) is 17.4. The van der Waals surface area contributed by atoms with Gasteiger partial charge in [-0.15, -0.1) is 0 Å². The van der Waals surface area contributed by atoms with Crippen molar-refractivity contribution >= 4 is 5.97 Å². The summed E-state index contributed by atoms with van der Waals surface area (Å²) in [5.74, 6) is 1.03. The summed E-state index contributed by atoms with van der Waals surface area (Å²) in [6.45, 7) is 2.13. The maximum Gasteiger partial charge on any atom is 0.335 e. The second-order valence-electron chi connectivity index (χ2n) is 5.22. The fourth-order valence-electron chi connectivity index (χ4n) is 2.14. The number of rotatable bonds is 8. The molecule has 0 N–H and O–H groups in total. The first kappa shape index (κ1) is 17.8. The number of carbonyl (C=O) groups excluding carboxylic acids is 1. The van der Waals surface area contributed by atoms with E-state index in [1.165, 1.54) is 0 Å². The van der Waals surface area contributed by atoms with Crippen LogP contribution < -0.4 is 9.47 Å². The molecule has 2 aromatic rings. The van der Waals surface area contributed by atoms with Crippen molar-refractivity contribution in [3.05, 3.63) is 59.7 Å². The molecule has 0 spiro atoms. The lowest BCUT2D eigenvalue weighted by molar-refractivity contribution is -0.158. The fourth-order valence-corrected chi connectivity index (χ4v) is 2.14. The van der Waals surface area contributed by atoms with E-state index < -0.39 is 12.1 Å². The van der Waals surface area contributed by atoms with Crippen LogP contribution in [0.15, 0.2) is 48.5 Å². The van der Waals surface area contributed by atoms with Crippen LogP contribution in [-0.2, 0) is 27.5 Å². The summed E-state index contributed by atoms with van der Waals surface area (Å²) in [6, 6.07) is 14.9. The Balaban J connectivity index is 1.83. The first-order chi connectivity index (χ1) is 11.6. The van der Waals surface area contributed by atoms with Crippen molar-refractivity contribution in [3.63, 3.8) is 0 Å². The molecule has 24 heavy (non-hydrogen) atoms. The van der Waals surface area contributed by atoms with E-state index in [9.17, 15) is 4.79 Å².